The van der Waals surface area contributed by atoms with Crippen molar-refractivity contribution in [3.63, 3.8) is 0 Å². The van der Waals surface area contributed by atoms with Gasteiger partial charge in [0, 0.05) is 19.3 Å². The standard InChI is InChI=1S/C15H31NO/c1-4-7-13(8-5-2)15(16-6-3)14-9-11-17-12-10-14/h13-16H,4-12H2,1-3H3. The number of hydrogen-bond donors (Lipinski definition) is 1. The maximum Gasteiger partial charge on any atom is 0.0469 e. The van der Waals surface area contributed by atoms with E-state index in [9.17, 15) is 0 Å². The van der Waals surface area contributed by atoms with Gasteiger partial charge in [-0.05, 0) is 44.1 Å². The average molecular weight is 241 g/mol. The van der Waals surface area contributed by atoms with Crippen LogP contribution in [-0.4, -0.2) is 25.8 Å². The van der Waals surface area contributed by atoms with Gasteiger partial charge in [-0.15, -0.1) is 0 Å². The van der Waals surface area contributed by atoms with Crippen molar-refractivity contribution in [1.82, 2.24) is 5.32 Å². The quantitative estimate of drug-likeness (QED) is 0.701. The van der Waals surface area contributed by atoms with Gasteiger partial charge in [0.25, 0.3) is 0 Å². The van der Waals surface area contributed by atoms with Crippen molar-refractivity contribution in [3.8, 4) is 0 Å². The summed E-state index contributed by atoms with van der Waals surface area (Å²) in [6.45, 7) is 9.91. The molecule has 0 amide bonds. The second-order valence-corrected chi connectivity index (χ2v) is 5.37. The van der Waals surface area contributed by atoms with Gasteiger partial charge in [-0.1, -0.05) is 33.6 Å². The highest BCUT2D eigenvalue weighted by atomic mass is 16.5. The van der Waals surface area contributed by atoms with E-state index in [1.54, 1.807) is 0 Å². The summed E-state index contributed by atoms with van der Waals surface area (Å²) < 4.78 is 5.50. The van der Waals surface area contributed by atoms with Crippen molar-refractivity contribution in [2.75, 3.05) is 19.8 Å². The maximum absolute atomic E-state index is 5.50. The number of ether oxygens (including phenoxy) is 1. The third-order valence-electron chi connectivity index (χ3n) is 4.04. The molecule has 0 bridgehead atoms. The molecule has 2 heteroatoms. The van der Waals surface area contributed by atoms with Gasteiger partial charge in [0.1, 0.15) is 0 Å². The van der Waals surface area contributed by atoms with E-state index in [2.05, 4.69) is 26.1 Å². The van der Waals surface area contributed by atoms with Crippen molar-refractivity contribution >= 4 is 0 Å². The molecule has 0 aromatic carbocycles. The first-order valence-corrected chi connectivity index (χ1v) is 7.64. The van der Waals surface area contributed by atoms with E-state index in [4.69, 9.17) is 4.74 Å². The predicted octanol–water partition coefficient (Wildman–Crippen LogP) is 3.61. The van der Waals surface area contributed by atoms with Crippen LogP contribution in [-0.2, 0) is 4.74 Å². The Balaban J connectivity index is 2.58. The molecule has 1 aliphatic heterocycles. The van der Waals surface area contributed by atoms with Crippen LogP contribution in [0, 0.1) is 11.8 Å². The molecule has 2 nitrogen and oxygen atoms in total. The van der Waals surface area contributed by atoms with Crippen molar-refractivity contribution in [2.24, 2.45) is 11.8 Å². The molecule has 0 spiro atoms. The van der Waals surface area contributed by atoms with Gasteiger partial charge in [-0.3, -0.25) is 0 Å². The van der Waals surface area contributed by atoms with Crippen LogP contribution in [0.15, 0.2) is 0 Å². The zero-order valence-corrected chi connectivity index (χ0v) is 12.0. The summed E-state index contributed by atoms with van der Waals surface area (Å²) in [4.78, 5) is 0. The summed E-state index contributed by atoms with van der Waals surface area (Å²) in [6, 6.07) is 0.726. The molecule has 0 saturated carbocycles. The van der Waals surface area contributed by atoms with Crippen LogP contribution in [0.5, 0.6) is 0 Å². The smallest absolute Gasteiger partial charge is 0.0469 e. The van der Waals surface area contributed by atoms with E-state index in [0.717, 1.165) is 37.6 Å². The minimum Gasteiger partial charge on any atom is -0.381 e. The van der Waals surface area contributed by atoms with E-state index in [-0.39, 0.29) is 0 Å². The lowest BCUT2D eigenvalue weighted by Gasteiger charge is -2.36. The topological polar surface area (TPSA) is 21.3 Å². The minimum atomic E-state index is 0.726. The maximum atomic E-state index is 5.50. The third-order valence-corrected chi connectivity index (χ3v) is 4.04. The van der Waals surface area contributed by atoms with E-state index in [1.165, 1.54) is 38.5 Å². The second kappa shape index (κ2) is 8.93. The normalized spacial score (nSPS) is 19.8. The number of hydrogen-bond acceptors (Lipinski definition) is 2. The molecule has 17 heavy (non-hydrogen) atoms. The van der Waals surface area contributed by atoms with Gasteiger partial charge < -0.3 is 10.1 Å². The first-order valence-electron chi connectivity index (χ1n) is 7.64. The average Bonchev–Trinajstić information content (AvgIpc) is 2.37. The number of nitrogens with one attached hydrogen (secondary N) is 1. The summed E-state index contributed by atoms with van der Waals surface area (Å²) >= 11 is 0. The molecule has 1 heterocycles. The molecule has 1 saturated heterocycles. The van der Waals surface area contributed by atoms with Gasteiger partial charge in [0.2, 0.25) is 0 Å². The van der Waals surface area contributed by atoms with Crippen molar-refractivity contribution in [2.45, 2.75) is 65.3 Å². The second-order valence-electron chi connectivity index (χ2n) is 5.37. The third kappa shape index (κ3) is 4.97. The Morgan fingerprint density at radius 3 is 2.12 bits per heavy atom. The van der Waals surface area contributed by atoms with Crippen molar-refractivity contribution in [3.05, 3.63) is 0 Å². The highest BCUT2D eigenvalue weighted by molar-refractivity contribution is 4.84. The summed E-state index contributed by atoms with van der Waals surface area (Å²) in [5.74, 6) is 1.71. The summed E-state index contributed by atoms with van der Waals surface area (Å²) in [5, 5.41) is 3.77. The van der Waals surface area contributed by atoms with Gasteiger partial charge in [0.05, 0.1) is 0 Å². The Bertz CT molecular complexity index is 172. The Kier molecular flexibility index (Phi) is 7.87. The molecule has 1 fully saturated rings. The van der Waals surface area contributed by atoms with Crippen LogP contribution in [0.2, 0.25) is 0 Å². The molecule has 0 aromatic rings. The first kappa shape index (κ1) is 15.0. The van der Waals surface area contributed by atoms with E-state index >= 15 is 0 Å². The van der Waals surface area contributed by atoms with Gasteiger partial charge >= 0.3 is 0 Å². The zero-order valence-electron chi connectivity index (χ0n) is 12.0. The highest BCUT2D eigenvalue weighted by Gasteiger charge is 2.29. The fraction of sp³-hybridized carbons (Fsp3) is 1.00. The lowest BCUT2D eigenvalue weighted by atomic mass is 9.79. The lowest BCUT2D eigenvalue weighted by Crippen LogP contribution is -2.44. The summed E-state index contributed by atoms with van der Waals surface area (Å²) in [6.07, 6.45) is 7.89. The van der Waals surface area contributed by atoms with Crippen molar-refractivity contribution < 1.29 is 4.74 Å². The Morgan fingerprint density at radius 2 is 1.65 bits per heavy atom. The summed E-state index contributed by atoms with van der Waals surface area (Å²) in [5.41, 5.74) is 0. The monoisotopic (exact) mass is 241 g/mol. The molecule has 1 unspecified atom stereocenters. The first-order chi connectivity index (χ1) is 8.33. The molecule has 1 N–H and O–H groups in total. The van der Waals surface area contributed by atoms with E-state index in [1.807, 2.05) is 0 Å². The van der Waals surface area contributed by atoms with Gasteiger partial charge in [-0.2, -0.15) is 0 Å². The zero-order chi connectivity index (χ0) is 12.5. The Morgan fingerprint density at radius 1 is 1.06 bits per heavy atom. The number of rotatable bonds is 8. The molecular weight excluding hydrogens is 210 g/mol. The van der Waals surface area contributed by atoms with Crippen LogP contribution < -0.4 is 5.32 Å². The molecule has 102 valence electrons. The molecular formula is C15H31NO. The predicted molar refractivity (Wildman–Crippen MR) is 74.3 cm³/mol. The fourth-order valence-corrected chi connectivity index (χ4v) is 3.27. The SMILES string of the molecule is CCCC(CCC)C(NCC)C1CCOCC1. The van der Waals surface area contributed by atoms with Crippen LogP contribution in [0.1, 0.15) is 59.3 Å². The van der Waals surface area contributed by atoms with Crippen molar-refractivity contribution in [1.29, 1.82) is 0 Å². The Hall–Kier alpha value is -0.0800. The van der Waals surface area contributed by atoms with Crippen LogP contribution in [0.3, 0.4) is 0 Å². The Labute approximate surface area is 108 Å². The highest BCUT2D eigenvalue weighted by Crippen LogP contribution is 2.29. The molecule has 0 aromatic heterocycles. The molecule has 1 rings (SSSR count). The molecule has 0 radical (unpaired) electrons. The lowest BCUT2D eigenvalue weighted by molar-refractivity contribution is 0.0428. The van der Waals surface area contributed by atoms with Crippen LogP contribution >= 0.6 is 0 Å². The minimum absolute atomic E-state index is 0.726. The van der Waals surface area contributed by atoms with E-state index < -0.39 is 0 Å². The van der Waals surface area contributed by atoms with Crippen LogP contribution in [0.25, 0.3) is 0 Å². The summed E-state index contributed by atoms with van der Waals surface area (Å²) in [7, 11) is 0. The molecule has 0 aliphatic carbocycles. The molecule has 1 aliphatic rings. The fourth-order valence-electron chi connectivity index (χ4n) is 3.27. The van der Waals surface area contributed by atoms with Crippen LogP contribution in [0.4, 0.5) is 0 Å². The van der Waals surface area contributed by atoms with E-state index in [0.29, 0.717) is 0 Å². The van der Waals surface area contributed by atoms with Gasteiger partial charge in [-0.25, -0.2) is 0 Å². The molecule has 1 atom stereocenters. The van der Waals surface area contributed by atoms with Gasteiger partial charge in [0.15, 0.2) is 0 Å². The largest absolute Gasteiger partial charge is 0.381 e.